The Hall–Kier alpha value is -2.64. The molecule has 7 heteroatoms. The second-order valence-corrected chi connectivity index (χ2v) is 8.93. The van der Waals surface area contributed by atoms with Crippen molar-refractivity contribution in [2.45, 2.75) is 30.8 Å². The van der Waals surface area contributed by atoms with Crippen LogP contribution in [0.2, 0.25) is 0 Å². The lowest BCUT2D eigenvalue weighted by Crippen LogP contribution is -2.60. The number of carbonyl (C=O) groups is 1. The molecule has 0 radical (unpaired) electrons. The molecule has 4 atom stereocenters. The van der Waals surface area contributed by atoms with Crippen molar-refractivity contribution in [3.63, 3.8) is 0 Å². The number of nitrogens with one attached hydrogen (secondary N) is 2. The van der Waals surface area contributed by atoms with E-state index in [1.807, 2.05) is 33.7 Å². The first-order valence-electron chi connectivity index (χ1n) is 11.2. The van der Waals surface area contributed by atoms with Gasteiger partial charge < -0.3 is 24.8 Å². The second kappa shape index (κ2) is 8.48. The van der Waals surface area contributed by atoms with E-state index in [1.165, 1.54) is 0 Å². The lowest BCUT2D eigenvalue weighted by molar-refractivity contribution is -0.136. The summed E-state index contributed by atoms with van der Waals surface area (Å²) in [5.41, 5.74) is 2.26. The molecule has 1 amide bonds. The van der Waals surface area contributed by atoms with Gasteiger partial charge in [0.25, 0.3) is 5.56 Å². The van der Waals surface area contributed by atoms with Crippen LogP contribution in [0.5, 0.6) is 5.75 Å². The van der Waals surface area contributed by atoms with Gasteiger partial charge in [0.05, 0.1) is 13.2 Å². The fraction of sp³-hybridized carbons (Fsp3) is 0.500. The zero-order chi connectivity index (χ0) is 21.4. The lowest BCUT2D eigenvalue weighted by Gasteiger charge is -2.48. The van der Waals surface area contributed by atoms with Crippen molar-refractivity contribution < 1.29 is 9.53 Å². The smallest absolute Gasteiger partial charge is 0.251 e. The average molecular weight is 423 g/mol. The van der Waals surface area contributed by atoms with Gasteiger partial charge in [0.1, 0.15) is 5.75 Å². The SMILES string of the molecule is COc1cccc(C[C@H]2[C@H]3C[C@H](CN(C(=O)[C@@H]4CNCCN4)C3)c3cccc(=O)n32)c1. The summed E-state index contributed by atoms with van der Waals surface area (Å²) in [6, 6.07) is 13.5. The van der Waals surface area contributed by atoms with E-state index in [9.17, 15) is 9.59 Å². The van der Waals surface area contributed by atoms with Crippen LogP contribution in [0.25, 0.3) is 0 Å². The van der Waals surface area contributed by atoms with Gasteiger partial charge in [0.2, 0.25) is 5.91 Å². The molecule has 2 fully saturated rings. The van der Waals surface area contributed by atoms with Crippen molar-refractivity contribution in [1.82, 2.24) is 20.1 Å². The maximum Gasteiger partial charge on any atom is 0.251 e. The Labute approximate surface area is 182 Å². The van der Waals surface area contributed by atoms with Crippen molar-refractivity contribution in [2.75, 3.05) is 39.8 Å². The Balaban J connectivity index is 1.47. The first-order valence-corrected chi connectivity index (χ1v) is 11.2. The van der Waals surface area contributed by atoms with Crippen LogP contribution in [0.4, 0.5) is 0 Å². The van der Waals surface area contributed by atoms with Gasteiger partial charge >= 0.3 is 0 Å². The molecular formula is C24H30N4O3. The molecule has 2 bridgehead atoms. The third kappa shape index (κ3) is 3.88. The molecule has 2 N–H and O–H groups in total. The number of piperidine rings is 1. The number of rotatable bonds is 4. The molecule has 1 aromatic heterocycles. The number of nitrogens with zero attached hydrogens (tertiary/aromatic N) is 2. The van der Waals surface area contributed by atoms with Crippen molar-refractivity contribution in [1.29, 1.82) is 0 Å². The fourth-order valence-corrected chi connectivity index (χ4v) is 5.57. The highest BCUT2D eigenvalue weighted by molar-refractivity contribution is 5.82. The monoisotopic (exact) mass is 422 g/mol. The van der Waals surface area contributed by atoms with E-state index in [1.54, 1.807) is 13.2 Å². The van der Waals surface area contributed by atoms with E-state index in [-0.39, 0.29) is 35.4 Å². The summed E-state index contributed by atoms with van der Waals surface area (Å²) in [4.78, 5) is 28.2. The molecular weight excluding hydrogens is 392 g/mol. The van der Waals surface area contributed by atoms with Crippen LogP contribution in [-0.4, -0.2) is 61.2 Å². The van der Waals surface area contributed by atoms with E-state index >= 15 is 0 Å². The largest absolute Gasteiger partial charge is 0.497 e. The van der Waals surface area contributed by atoms with Gasteiger partial charge in [0, 0.05) is 56.4 Å². The molecule has 3 aliphatic rings. The number of hydrogen-bond donors (Lipinski definition) is 2. The number of amides is 1. The maximum atomic E-state index is 13.3. The standard InChI is InChI=1S/C24H30N4O3/c1-31-19-5-2-4-16(10-19)11-22-18-12-17(21-6-3-7-23(29)28(21)22)14-27(15-18)24(30)20-13-25-8-9-26-20/h2-7,10,17-18,20,22,25-26H,8-9,11-15H2,1H3/t17-,18+,20+,22+/m1/s1. The zero-order valence-electron chi connectivity index (χ0n) is 17.9. The van der Waals surface area contributed by atoms with Crippen LogP contribution in [0.3, 0.4) is 0 Å². The van der Waals surface area contributed by atoms with Crippen molar-refractivity contribution in [2.24, 2.45) is 5.92 Å². The Bertz CT molecular complexity index is 1010. The first kappa shape index (κ1) is 20.3. The van der Waals surface area contributed by atoms with Gasteiger partial charge in [-0.15, -0.1) is 0 Å². The van der Waals surface area contributed by atoms with Gasteiger partial charge in [-0.05, 0) is 42.5 Å². The molecule has 164 valence electrons. The van der Waals surface area contributed by atoms with E-state index in [2.05, 4.69) is 22.8 Å². The first-order chi connectivity index (χ1) is 15.1. The Morgan fingerprint density at radius 1 is 1.16 bits per heavy atom. The van der Waals surface area contributed by atoms with Gasteiger partial charge in [-0.3, -0.25) is 9.59 Å². The van der Waals surface area contributed by atoms with Crippen LogP contribution in [0, 0.1) is 5.92 Å². The number of pyridine rings is 1. The Morgan fingerprint density at radius 3 is 2.84 bits per heavy atom. The van der Waals surface area contributed by atoms with Gasteiger partial charge in [-0.1, -0.05) is 18.2 Å². The molecule has 2 aromatic rings. The number of hydrogen-bond acceptors (Lipinski definition) is 5. The minimum atomic E-state index is -0.164. The molecule has 0 aliphatic carbocycles. The molecule has 7 nitrogen and oxygen atoms in total. The Kier molecular flexibility index (Phi) is 5.54. The quantitative estimate of drug-likeness (QED) is 0.773. The number of likely N-dealkylation sites (tertiary alicyclic amines) is 1. The molecule has 31 heavy (non-hydrogen) atoms. The molecule has 2 saturated heterocycles. The number of benzene rings is 1. The molecule has 4 heterocycles. The molecule has 0 saturated carbocycles. The minimum absolute atomic E-state index is 0.0279. The summed E-state index contributed by atoms with van der Waals surface area (Å²) < 4.78 is 7.40. The molecule has 1 aromatic carbocycles. The third-order valence-corrected chi connectivity index (χ3v) is 7.03. The van der Waals surface area contributed by atoms with Crippen molar-refractivity contribution in [3.05, 3.63) is 64.1 Å². The predicted octanol–water partition coefficient (Wildman–Crippen LogP) is 1.15. The number of carbonyl (C=O) groups excluding carboxylic acids is 1. The summed E-state index contributed by atoms with van der Waals surface area (Å²) in [5.74, 6) is 1.45. The average Bonchev–Trinajstić information content (AvgIpc) is 2.82. The summed E-state index contributed by atoms with van der Waals surface area (Å²) in [7, 11) is 1.67. The highest BCUT2D eigenvalue weighted by Gasteiger charge is 2.42. The van der Waals surface area contributed by atoms with Crippen LogP contribution in [0.15, 0.2) is 47.3 Å². The number of ether oxygens (including phenoxy) is 1. The summed E-state index contributed by atoms with van der Waals surface area (Å²) in [5, 5.41) is 6.66. The highest BCUT2D eigenvalue weighted by atomic mass is 16.5. The van der Waals surface area contributed by atoms with Crippen molar-refractivity contribution >= 4 is 5.91 Å². The van der Waals surface area contributed by atoms with Crippen LogP contribution < -0.4 is 20.9 Å². The van der Waals surface area contributed by atoms with E-state index < -0.39 is 0 Å². The van der Waals surface area contributed by atoms with Crippen LogP contribution in [-0.2, 0) is 11.2 Å². The lowest BCUT2D eigenvalue weighted by atomic mass is 9.76. The summed E-state index contributed by atoms with van der Waals surface area (Å²) in [6.45, 7) is 3.77. The molecule has 0 spiro atoms. The number of piperazine rings is 1. The van der Waals surface area contributed by atoms with Crippen LogP contribution >= 0.6 is 0 Å². The van der Waals surface area contributed by atoms with Gasteiger partial charge in [-0.2, -0.15) is 0 Å². The zero-order valence-corrected chi connectivity index (χ0v) is 17.9. The topological polar surface area (TPSA) is 75.6 Å². The van der Waals surface area contributed by atoms with E-state index in [0.717, 1.165) is 42.9 Å². The predicted molar refractivity (Wildman–Crippen MR) is 119 cm³/mol. The van der Waals surface area contributed by atoms with Gasteiger partial charge in [-0.25, -0.2) is 0 Å². The van der Waals surface area contributed by atoms with E-state index in [0.29, 0.717) is 19.6 Å². The molecule has 5 rings (SSSR count). The molecule has 0 unspecified atom stereocenters. The van der Waals surface area contributed by atoms with Crippen molar-refractivity contribution in [3.8, 4) is 5.75 Å². The van der Waals surface area contributed by atoms with E-state index in [4.69, 9.17) is 4.74 Å². The number of aromatic nitrogens is 1. The minimum Gasteiger partial charge on any atom is -0.497 e. The fourth-order valence-electron chi connectivity index (χ4n) is 5.57. The van der Waals surface area contributed by atoms with Gasteiger partial charge in [0.15, 0.2) is 0 Å². The van der Waals surface area contributed by atoms with Crippen LogP contribution in [0.1, 0.15) is 29.6 Å². The Morgan fingerprint density at radius 2 is 2.03 bits per heavy atom. The molecule has 3 aliphatic heterocycles. The second-order valence-electron chi connectivity index (χ2n) is 8.93. The summed E-state index contributed by atoms with van der Waals surface area (Å²) >= 11 is 0. The number of methoxy groups -OCH3 is 1. The number of fused-ring (bicyclic) bond motifs is 4. The third-order valence-electron chi connectivity index (χ3n) is 7.03. The maximum absolute atomic E-state index is 13.3. The summed E-state index contributed by atoms with van der Waals surface area (Å²) in [6.07, 6.45) is 1.76. The normalized spacial score (nSPS) is 27.5. The highest BCUT2D eigenvalue weighted by Crippen LogP contribution is 2.42.